The average Bonchev–Trinajstić information content (AvgIpc) is 2.81. The topological polar surface area (TPSA) is 87.8 Å². The highest BCUT2D eigenvalue weighted by atomic mass is 16.2. The molecule has 0 spiro atoms. The molecule has 0 bridgehead atoms. The van der Waals surface area contributed by atoms with Gasteiger partial charge in [-0.25, -0.2) is 9.78 Å². The van der Waals surface area contributed by atoms with Crippen molar-refractivity contribution in [2.24, 2.45) is 12.8 Å². The molecule has 0 saturated heterocycles. The molecule has 2 aromatic heterocycles. The summed E-state index contributed by atoms with van der Waals surface area (Å²) in [5.41, 5.74) is 5.90. The van der Waals surface area contributed by atoms with E-state index < -0.39 is 0 Å². The first kappa shape index (κ1) is 16.5. The largest absolute Gasteiger partial charge is 0.332 e. The minimum atomic E-state index is -0.315. The molecule has 2 aromatic rings. The lowest BCUT2D eigenvalue weighted by atomic mass is 10.2. The smallest absolute Gasteiger partial charge is 0.329 e. The van der Waals surface area contributed by atoms with Crippen molar-refractivity contribution in [3.8, 4) is 0 Å². The summed E-state index contributed by atoms with van der Waals surface area (Å²) >= 11 is 0. The lowest BCUT2D eigenvalue weighted by molar-refractivity contribution is 0.551. The number of rotatable bonds is 6. The van der Waals surface area contributed by atoms with Crippen LogP contribution in [0.2, 0.25) is 0 Å². The van der Waals surface area contributed by atoms with Gasteiger partial charge in [-0.05, 0) is 6.42 Å². The van der Waals surface area contributed by atoms with Crippen LogP contribution in [0.4, 0.5) is 0 Å². The number of hydrogen-bond donors (Lipinski definition) is 1. The normalized spacial score (nSPS) is 11.7. The molecular weight excluding hydrogens is 282 g/mol. The van der Waals surface area contributed by atoms with Crippen LogP contribution in [0.25, 0.3) is 11.2 Å². The molecule has 0 fully saturated rings. The van der Waals surface area contributed by atoms with Crippen LogP contribution in [0.15, 0.2) is 9.59 Å². The molecule has 2 N–H and O–H groups in total. The predicted molar refractivity (Wildman–Crippen MR) is 87.3 cm³/mol. The molecule has 0 aliphatic heterocycles. The molecule has 2 heterocycles. The van der Waals surface area contributed by atoms with Crippen LogP contribution in [0.5, 0.6) is 0 Å². The van der Waals surface area contributed by atoms with Crippen LogP contribution >= 0.6 is 0 Å². The summed E-state index contributed by atoms with van der Waals surface area (Å²) in [4.78, 5) is 29.8. The number of unbranched alkanes of at least 4 members (excludes halogenated alkanes) is 1. The number of aryl methyl sites for hydroxylation is 2. The summed E-state index contributed by atoms with van der Waals surface area (Å²) in [6.45, 7) is 7.15. The number of nitrogens with two attached hydrogens (primary N) is 1. The third kappa shape index (κ3) is 2.61. The van der Waals surface area contributed by atoms with Crippen molar-refractivity contribution in [3.05, 3.63) is 26.7 Å². The van der Waals surface area contributed by atoms with Gasteiger partial charge in [0.05, 0.1) is 0 Å². The zero-order valence-corrected chi connectivity index (χ0v) is 13.8. The Bertz CT molecular complexity index is 782. The molecular formula is C15H25N5O2. The summed E-state index contributed by atoms with van der Waals surface area (Å²) in [7, 11) is 1.83. The Morgan fingerprint density at radius 3 is 2.41 bits per heavy atom. The maximum Gasteiger partial charge on any atom is 0.332 e. The zero-order chi connectivity index (χ0) is 16.4. The third-order valence-corrected chi connectivity index (χ3v) is 3.88. The molecule has 0 aromatic carbocycles. The van der Waals surface area contributed by atoms with Crippen LogP contribution in [0.1, 0.15) is 45.4 Å². The van der Waals surface area contributed by atoms with Crippen molar-refractivity contribution in [3.63, 3.8) is 0 Å². The van der Waals surface area contributed by atoms with E-state index in [1.807, 2.05) is 20.9 Å². The van der Waals surface area contributed by atoms with Gasteiger partial charge in [-0.15, -0.1) is 0 Å². The van der Waals surface area contributed by atoms with E-state index in [2.05, 4.69) is 11.9 Å². The molecule has 22 heavy (non-hydrogen) atoms. The molecule has 0 radical (unpaired) electrons. The number of nitrogens with zero attached hydrogens (tertiary/aromatic N) is 4. The second-order valence-corrected chi connectivity index (χ2v) is 5.89. The molecule has 2 rings (SSSR count). The van der Waals surface area contributed by atoms with E-state index >= 15 is 0 Å². The predicted octanol–water partition coefficient (Wildman–Crippen LogP) is 0.779. The summed E-state index contributed by atoms with van der Waals surface area (Å²) in [6, 6.07) is 0. The van der Waals surface area contributed by atoms with E-state index in [9.17, 15) is 9.59 Å². The molecule has 0 amide bonds. The molecule has 7 heteroatoms. The van der Waals surface area contributed by atoms with Crippen LogP contribution in [-0.2, 0) is 20.1 Å². The standard InChI is InChI=1S/C15H25N5O2/c1-5-6-8-19-13-11(18(4)12(17-13)10(2)3)14(21)20(9-7-16)15(19)22/h10H,5-9,16H2,1-4H3. The average molecular weight is 307 g/mol. The van der Waals surface area contributed by atoms with E-state index in [0.717, 1.165) is 18.7 Å². The van der Waals surface area contributed by atoms with E-state index in [4.69, 9.17) is 5.73 Å². The minimum absolute atomic E-state index is 0.175. The van der Waals surface area contributed by atoms with Crippen LogP contribution in [0, 0.1) is 0 Å². The van der Waals surface area contributed by atoms with Crippen molar-refractivity contribution in [1.29, 1.82) is 0 Å². The van der Waals surface area contributed by atoms with Crippen LogP contribution < -0.4 is 17.0 Å². The van der Waals surface area contributed by atoms with Gasteiger partial charge in [0.1, 0.15) is 5.82 Å². The van der Waals surface area contributed by atoms with Gasteiger partial charge in [0, 0.05) is 32.6 Å². The first-order valence-corrected chi connectivity index (χ1v) is 7.84. The number of fused-ring (bicyclic) bond motifs is 1. The lowest BCUT2D eigenvalue weighted by Crippen LogP contribution is -2.42. The lowest BCUT2D eigenvalue weighted by Gasteiger charge is -2.10. The SMILES string of the molecule is CCCCn1c(=O)n(CCN)c(=O)c2c1nc(C(C)C)n2C. The first-order valence-electron chi connectivity index (χ1n) is 7.84. The van der Waals surface area contributed by atoms with Gasteiger partial charge in [-0.3, -0.25) is 13.9 Å². The van der Waals surface area contributed by atoms with E-state index in [0.29, 0.717) is 17.7 Å². The van der Waals surface area contributed by atoms with Gasteiger partial charge >= 0.3 is 5.69 Å². The fourth-order valence-electron chi connectivity index (χ4n) is 2.74. The number of hydrogen-bond acceptors (Lipinski definition) is 4. The second-order valence-electron chi connectivity index (χ2n) is 5.89. The Hall–Kier alpha value is -1.89. The maximum atomic E-state index is 12.7. The minimum Gasteiger partial charge on any atom is -0.329 e. The molecule has 0 saturated carbocycles. The molecule has 0 unspecified atom stereocenters. The van der Waals surface area contributed by atoms with Gasteiger partial charge < -0.3 is 10.3 Å². The second kappa shape index (κ2) is 6.48. The van der Waals surface area contributed by atoms with E-state index in [1.165, 1.54) is 4.57 Å². The summed E-state index contributed by atoms with van der Waals surface area (Å²) in [6.07, 6.45) is 1.83. The highest BCUT2D eigenvalue weighted by molar-refractivity contribution is 5.71. The molecule has 122 valence electrons. The Balaban J connectivity index is 2.87. The van der Waals surface area contributed by atoms with Crippen molar-refractivity contribution in [1.82, 2.24) is 18.7 Å². The monoisotopic (exact) mass is 307 g/mol. The van der Waals surface area contributed by atoms with Crippen molar-refractivity contribution < 1.29 is 0 Å². The Morgan fingerprint density at radius 2 is 1.86 bits per heavy atom. The fraction of sp³-hybridized carbons (Fsp3) is 0.667. The van der Waals surface area contributed by atoms with Crippen LogP contribution in [0.3, 0.4) is 0 Å². The summed E-state index contributed by atoms with van der Waals surface area (Å²) in [5, 5.41) is 0. The highest BCUT2D eigenvalue weighted by Crippen LogP contribution is 2.17. The highest BCUT2D eigenvalue weighted by Gasteiger charge is 2.20. The van der Waals surface area contributed by atoms with Crippen molar-refractivity contribution >= 4 is 11.2 Å². The fourth-order valence-corrected chi connectivity index (χ4v) is 2.74. The van der Waals surface area contributed by atoms with Crippen LogP contribution in [-0.4, -0.2) is 25.2 Å². The van der Waals surface area contributed by atoms with Crippen molar-refractivity contribution in [2.45, 2.75) is 52.6 Å². The van der Waals surface area contributed by atoms with Gasteiger partial charge in [0.15, 0.2) is 11.2 Å². The Kier molecular flexibility index (Phi) is 4.85. The number of aromatic nitrogens is 4. The van der Waals surface area contributed by atoms with Gasteiger partial charge in [0.25, 0.3) is 5.56 Å². The third-order valence-electron chi connectivity index (χ3n) is 3.88. The van der Waals surface area contributed by atoms with Gasteiger partial charge in [-0.2, -0.15) is 0 Å². The summed E-state index contributed by atoms with van der Waals surface area (Å²) < 4.78 is 4.64. The maximum absolute atomic E-state index is 12.7. The first-order chi connectivity index (χ1) is 10.4. The Labute approximate surface area is 129 Å². The number of imidazole rings is 1. The summed E-state index contributed by atoms with van der Waals surface area (Å²) in [5.74, 6) is 0.983. The zero-order valence-electron chi connectivity index (χ0n) is 13.8. The van der Waals surface area contributed by atoms with E-state index in [-0.39, 0.29) is 30.3 Å². The Morgan fingerprint density at radius 1 is 1.18 bits per heavy atom. The molecule has 7 nitrogen and oxygen atoms in total. The molecule has 0 atom stereocenters. The molecule has 0 aliphatic rings. The van der Waals surface area contributed by atoms with Gasteiger partial charge in [-0.1, -0.05) is 27.2 Å². The molecule has 0 aliphatic carbocycles. The van der Waals surface area contributed by atoms with E-state index in [1.54, 1.807) is 9.13 Å². The quantitative estimate of drug-likeness (QED) is 0.854. The van der Waals surface area contributed by atoms with Crippen molar-refractivity contribution in [2.75, 3.05) is 6.54 Å². The van der Waals surface area contributed by atoms with Gasteiger partial charge in [0.2, 0.25) is 0 Å².